The number of imide groups is 1. The van der Waals surface area contributed by atoms with Crippen LogP contribution in [0.4, 0.5) is 0 Å². The molecule has 1 aliphatic heterocycles. The summed E-state index contributed by atoms with van der Waals surface area (Å²) in [5.74, 6) is 1.05. The molecule has 0 radical (unpaired) electrons. The molecule has 0 spiro atoms. The number of amides is 2. The van der Waals surface area contributed by atoms with Gasteiger partial charge in [-0.15, -0.1) is 0 Å². The molecule has 0 aromatic heterocycles. The summed E-state index contributed by atoms with van der Waals surface area (Å²) in [6, 6.07) is 7.90. The lowest BCUT2D eigenvalue weighted by Crippen LogP contribution is -2.33. The number of hydrogen-bond donors (Lipinski definition) is 0. The first-order valence-corrected chi connectivity index (χ1v) is 6.64. The molecule has 19 heavy (non-hydrogen) atoms. The first kappa shape index (κ1) is 13.6. The van der Waals surface area contributed by atoms with Crippen molar-refractivity contribution in [2.75, 3.05) is 13.2 Å². The molecule has 0 unspecified atom stereocenters. The maximum Gasteiger partial charge on any atom is 0.229 e. The Bertz CT molecular complexity index is 466. The average molecular weight is 261 g/mol. The van der Waals surface area contributed by atoms with Crippen LogP contribution in [0.15, 0.2) is 24.3 Å². The molecule has 0 atom stereocenters. The Morgan fingerprint density at radius 2 is 1.89 bits per heavy atom. The molecule has 0 aliphatic carbocycles. The highest BCUT2D eigenvalue weighted by atomic mass is 16.5. The molecule has 102 valence electrons. The molecular formula is C15H19NO3. The Kier molecular flexibility index (Phi) is 4.20. The Labute approximate surface area is 113 Å². The van der Waals surface area contributed by atoms with Gasteiger partial charge in [-0.2, -0.15) is 0 Å². The van der Waals surface area contributed by atoms with Crippen molar-refractivity contribution in [1.29, 1.82) is 0 Å². The molecule has 2 rings (SSSR count). The summed E-state index contributed by atoms with van der Waals surface area (Å²) in [7, 11) is 0. The van der Waals surface area contributed by atoms with Crippen LogP contribution in [0.25, 0.3) is 0 Å². The zero-order valence-electron chi connectivity index (χ0n) is 11.4. The first-order valence-electron chi connectivity index (χ1n) is 6.64. The van der Waals surface area contributed by atoms with Gasteiger partial charge in [0.1, 0.15) is 12.4 Å². The van der Waals surface area contributed by atoms with E-state index in [1.54, 1.807) is 0 Å². The van der Waals surface area contributed by atoms with Crippen molar-refractivity contribution in [2.45, 2.75) is 32.6 Å². The maximum absolute atomic E-state index is 11.4. The Morgan fingerprint density at radius 3 is 2.53 bits per heavy atom. The normalized spacial score (nSPS) is 15.4. The van der Waals surface area contributed by atoms with Crippen LogP contribution in [0.2, 0.25) is 0 Å². The zero-order chi connectivity index (χ0) is 13.8. The van der Waals surface area contributed by atoms with Crippen molar-refractivity contribution in [1.82, 2.24) is 4.90 Å². The molecule has 1 aromatic rings. The predicted octanol–water partition coefficient (Wildman–Crippen LogP) is 2.34. The van der Waals surface area contributed by atoms with Crippen LogP contribution in [-0.2, 0) is 9.59 Å². The monoisotopic (exact) mass is 261 g/mol. The minimum absolute atomic E-state index is 0.0930. The summed E-state index contributed by atoms with van der Waals surface area (Å²) in [6.07, 6.45) is 0.670. The van der Waals surface area contributed by atoms with Crippen molar-refractivity contribution in [3.63, 3.8) is 0 Å². The second-order valence-electron chi connectivity index (χ2n) is 5.01. The van der Waals surface area contributed by atoms with Crippen molar-refractivity contribution in [2.24, 2.45) is 0 Å². The minimum atomic E-state index is -0.0930. The molecule has 2 amide bonds. The van der Waals surface area contributed by atoms with Gasteiger partial charge in [-0.3, -0.25) is 14.5 Å². The Balaban J connectivity index is 1.87. The van der Waals surface area contributed by atoms with Gasteiger partial charge in [-0.25, -0.2) is 0 Å². The van der Waals surface area contributed by atoms with Crippen LogP contribution in [0.3, 0.4) is 0 Å². The zero-order valence-corrected chi connectivity index (χ0v) is 11.4. The van der Waals surface area contributed by atoms with Gasteiger partial charge < -0.3 is 4.74 Å². The standard InChI is InChI=1S/C15H19NO3/c1-11(2)12-4-3-5-13(10-12)19-9-8-16-14(17)6-7-15(16)18/h3-5,10-11H,6-9H2,1-2H3. The lowest BCUT2D eigenvalue weighted by Gasteiger charge is -2.15. The number of nitrogens with zero attached hydrogens (tertiary/aromatic N) is 1. The highest BCUT2D eigenvalue weighted by Gasteiger charge is 2.28. The number of carbonyl (C=O) groups is 2. The molecule has 0 N–H and O–H groups in total. The van der Waals surface area contributed by atoms with E-state index in [0.29, 0.717) is 31.9 Å². The molecular weight excluding hydrogens is 242 g/mol. The molecule has 4 nitrogen and oxygen atoms in total. The fraction of sp³-hybridized carbons (Fsp3) is 0.467. The smallest absolute Gasteiger partial charge is 0.229 e. The lowest BCUT2D eigenvalue weighted by molar-refractivity contribution is -0.138. The lowest BCUT2D eigenvalue weighted by atomic mass is 10.0. The summed E-state index contributed by atoms with van der Waals surface area (Å²) in [5.41, 5.74) is 1.21. The number of likely N-dealkylation sites (tertiary alicyclic amines) is 1. The van der Waals surface area contributed by atoms with Crippen LogP contribution < -0.4 is 4.74 Å². The molecule has 1 aliphatic rings. The predicted molar refractivity (Wildman–Crippen MR) is 72.0 cm³/mol. The van der Waals surface area contributed by atoms with E-state index < -0.39 is 0 Å². The summed E-state index contributed by atoms with van der Waals surface area (Å²) < 4.78 is 5.61. The summed E-state index contributed by atoms with van der Waals surface area (Å²) in [4.78, 5) is 24.1. The molecule has 1 heterocycles. The van der Waals surface area contributed by atoms with Crippen molar-refractivity contribution >= 4 is 11.8 Å². The van der Waals surface area contributed by atoms with Gasteiger partial charge in [0.05, 0.1) is 6.54 Å². The molecule has 0 saturated carbocycles. The summed E-state index contributed by atoms with van der Waals surface area (Å²) in [5, 5.41) is 0. The van der Waals surface area contributed by atoms with E-state index >= 15 is 0 Å². The molecule has 4 heteroatoms. The van der Waals surface area contributed by atoms with Crippen LogP contribution in [0.1, 0.15) is 38.2 Å². The summed E-state index contributed by atoms with van der Waals surface area (Å²) >= 11 is 0. The first-order chi connectivity index (χ1) is 9.08. The van der Waals surface area contributed by atoms with Gasteiger partial charge in [0.25, 0.3) is 0 Å². The topological polar surface area (TPSA) is 46.6 Å². The second kappa shape index (κ2) is 5.87. The van der Waals surface area contributed by atoms with Crippen LogP contribution in [0.5, 0.6) is 5.75 Å². The fourth-order valence-corrected chi connectivity index (χ4v) is 2.09. The third-order valence-electron chi connectivity index (χ3n) is 3.26. The fourth-order valence-electron chi connectivity index (χ4n) is 2.09. The van der Waals surface area contributed by atoms with Gasteiger partial charge in [0, 0.05) is 12.8 Å². The van der Waals surface area contributed by atoms with Gasteiger partial charge >= 0.3 is 0 Å². The van der Waals surface area contributed by atoms with Crippen LogP contribution in [0, 0.1) is 0 Å². The van der Waals surface area contributed by atoms with Crippen molar-refractivity contribution in [3.8, 4) is 5.75 Å². The molecule has 1 saturated heterocycles. The number of ether oxygens (including phenoxy) is 1. The van der Waals surface area contributed by atoms with Crippen molar-refractivity contribution < 1.29 is 14.3 Å². The van der Waals surface area contributed by atoms with Gasteiger partial charge in [0.15, 0.2) is 0 Å². The van der Waals surface area contributed by atoms with Gasteiger partial charge in [-0.1, -0.05) is 26.0 Å². The average Bonchev–Trinajstić information content (AvgIpc) is 2.71. The Hall–Kier alpha value is -1.84. The van der Waals surface area contributed by atoms with Crippen LogP contribution >= 0.6 is 0 Å². The molecule has 1 fully saturated rings. The van der Waals surface area contributed by atoms with Crippen LogP contribution in [-0.4, -0.2) is 29.9 Å². The number of rotatable bonds is 5. The van der Waals surface area contributed by atoms with Crippen molar-refractivity contribution in [3.05, 3.63) is 29.8 Å². The highest BCUT2D eigenvalue weighted by molar-refractivity contribution is 6.01. The highest BCUT2D eigenvalue weighted by Crippen LogP contribution is 2.20. The largest absolute Gasteiger partial charge is 0.492 e. The second-order valence-corrected chi connectivity index (χ2v) is 5.01. The van der Waals surface area contributed by atoms with Gasteiger partial charge in [0.2, 0.25) is 11.8 Å². The van der Waals surface area contributed by atoms with E-state index in [0.717, 1.165) is 5.75 Å². The third-order valence-corrected chi connectivity index (χ3v) is 3.26. The summed E-state index contributed by atoms with van der Waals surface area (Å²) in [6.45, 7) is 4.93. The van der Waals surface area contributed by atoms with E-state index in [1.165, 1.54) is 10.5 Å². The minimum Gasteiger partial charge on any atom is -0.492 e. The molecule has 1 aromatic carbocycles. The van der Waals surface area contributed by atoms with E-state index in [4.69, 9.17) is 4.74 Å². The third kappa shape index (κ3) is 3.34. The SMILES string of the molecule is CC(C)c1cccc(OCCN2C(=O)CCC2=O)c1. The van der Waals surface area contributed by atoms with E-state index in [2.05, 4.69) is 19.9 Å². The van der Waals surface area contributed by atoms with E-state index in [9.17, 15) is 9.59 Å². The number of carbonyl (C=O) groups excluding carboxylic acids is 2. The van der Waals surface area contributed by atoms with E-state index in [1.807, 2.05) is 18.2 Å². The number of hydrogen-bond acceptors (Lipinski definition) is 3. The molecule has 0 bridgehead atoms. The maximum atomic E-state index is 11.4. The van der Waals surface area contributed by atoms with Gasteiger partial charge in [-0.05, 0) is 23.6 Å². The number of benzene rings is 1. The quantitative estimate of drug-likeness (QED) is 0.764. The Morgan fingerprint density at radius 1 is 1.21 bits per heavy atom. The van der Waals surface area contributed by atoms with E-state index in [-0.39, 0.29) is 11.8 Å².